The molecule has 0 N–H and O–H groups in total. The van der Waals surface area contributed by atoms with Crippen LogP contribution < -0.4 is 19.7 Å². The summed E-state index contributed by atoms with van der Waals surface area (Å²) in [5.41, 5.74) is 2.53. The van der Waals surface area contributed by atoms with E-state index in [1.165, 1.54) is 30.3 Å². The lowest BCUT2D eigenvalue weighted by molar-refractivity contribution is 0.0481. The van der Waals surface area contributed by atoms with Crippen molar-refractivity contribution in [3.8, 4) is 11.5 Å². The maximum atomic E-state index is 5.93. The number of rotatable bonds is 8. The standard InChI is InChI=1S/C23H32NO3P/c1-23(2,18-11-10-13-20(26-4)22(18)27-17-25-3)28-21-14-7-6-12-19(21)24-15-8-5-9-16-24/h6-7,10-14,28H,5,8-9,15-17H2,1-4H3. The van der Waals surface area contributed by atoms with Crippen LogP contribution in [0.2, 0.25) is 0 Å². The molecule has 1 aliphatic rings. The van der Waals surface area contributed by atoms with Crippen molar-refractivity contribution in [2.75, 3.05) is 39.0 Å². The predicted octanol–water partition coefficient (Wildman–Crippen LogP) is 4.91. The summed E-state index contributed by atoms with van der Waals surface area (Å²) >= 11 is 0. The van der Waals surface area contributed by atoms with Crippen molar-refractivity contribution in [1.29, 1.82) is 0 Å². The van der Waals surface area contributed by atoms with Gasteiger partial charge in [-0.1, -0.05) is 52.8 Å². The molecule has 0 saturated carbocycles. The number of nitrogens with zero attached hydrogens (tertiary/aromatic N) is 1. The van der Waals surface area contributed by atoms with E-state index in [9.17, 15) is 0 Å². The molecule has 1 saturated heterocycles. The highest BCUT2D eigenvalue weighted by atomic mass is 31.1. The Morgan fingerprint density at radius 2 is 1.71 bits per heavy atom. The summed E-state index contributed by atoms with van der Waals surface area (Å²) in [6.07, 6.45) is 3.91. The zero-order valence-corrected chi connectivity index (χ0v) is 18.5. The fourth-order valence-corrected chi connectivity index (χ4v) is 5.38. The summed E-state index contributed by atoms with van der Waals surface area (Å²) in [6, 6.07) is 15.0. The van der Waals surface area contributed by atoms with Crippen LogP contribution in [0.5, 0.6) is 11.5 Å². The van der Waals surface area contributed by atoms with Crippen LogP contribution >= 0.6 is 8.58 Å². The molecule has 0 aliphatic carbocycles. The molecule has 1 aliphatic heterocycles. The lowest BCUT2D eigenvalue weighted by Crippen LogP contribution is -2.32. The molecule has 0 bridgehead atoms. The van der Waals surface area contributed by atoms with Crippen molar-refractivity contribution in [3.63, 3.8) is 0 Å². The van der Waals surface area contributed by atoms with Gasteiger partial charge in [-0.25, -0.2) is 0 Å². The van der Waals surface area contributed by atoms with Crippen LogP contribution in [0.3, 0.4) is 0 Å². The van der Waals surface area contributed by atoms with Crippen LogP contribution in [0, 0.1) is 0 Å². The van der Waals surface area contributed by atoms with Gasteiger partial charge in [-0.15, -0.1) is 0 Å². The van der Waals surface area contributed by atoms with Crippen molar-refractivity contribution in [3.05, 3.63) is 48.0 Å². The van der Waals surface area contributed by atoms with Crippen LogP contribution in [0.25, 0.3) is 0 Å². The SMILES string of the molecule is COCOc1c(OC)cccc1C(C)(C)Pc1ccccc1N1CCCCC1. The Kier molecular flexibility index (Phi) is 7.20. The average molecular weight is 401 g/mol. The molecule has 0 aromatic heterocycles. The van der Waals surface area contributed by atoms with E-state index in [1.807, 2.05) is 12.1 Å². The van der Waals surface area contributed by atoms with E-state index < -0.39 is 0 Å². The first kappa shape index (κ1) is 21.0. The van der Waals surface area contributed by atoms with Gasteiger partial charge in [0.25, 0.3) is 0 Å². The van der Waals surface area contributed by atoms with E-state index in [4.69, 9.17) is 14.2 Å². The van der Waals surface area contributed by atoms with Gasteiger partial charge in [0.1, 0.15) is 0 Å². The molecule has 1 heterocycles. The predicted molar refractivity (Wildman–Crippen MR) is 119 cm³/mol. The summed E-state index contributed by atoms with van der Waals surface area (Å²) in [5, 5.41) is 1.32. The lowest BCUT2D eigenvalue weighted by atomic mass is 10.0. The van der Waals surface area contributed by atoms with Crippen LogP contribution in [0.4, 0.5) is 5.69 Å². The quantitative estimate of drug-likeness (QED) is 0.465. The Bertz CT molecular complexity index is 772. The van der Waals surface area contributed by atoms with Gasteiger partial charge in [-0.05, 0) is 36.7 Å². The number of methoxy groups -OCH3 is 2. The Morgan fingerprint density at radius 1 is 0.964 bits per heavy atom. The summed E-state index contributed by atoms with van der Waals surface area (Å²) in [5.74, 6) is 1.52. The van der Waals surface area contributed by atoms with Crippen molar-refractivity contribution in [2.45, 2.75) is 38.3 Å². The molecule has 4 nitrogen and oxygen atoms in total. The number of hydrogen-bond donors (Lipinski definition) is 0. The molecule has 1 unspecified atom stereocenters. The largest absolute Gasteiger partial charge is 0.493 e. The van der Waals surface area contributed by atoms with Crippen molar-refractivity contribution < 1.29 is 14.2 Å². The molecule has 1 fully saturated rings. The number of para-hydroxylation sites is 2. The number of ether oxygens (including phenoxy) is 3. The highest BCUT2D eigenvalue weighted by molar-refractivity contribution is 7.49. The summed E-state index contributed by atoms with van der Waals surface area (Å²) in [7, 11) is 3.93. The van der Waals surface area contributed by atoms with Gasteiger partial charge >= 0.3 is 0 Å². The van der Waals surface area contributed by atoms with Gasteiger partial charge in [0, 0.05) is 36.6 Å². The van der Waals surface area contributed by atoms with Gasteiger partial charge in [-0.3, -0.25) is 0 Å². The van der Waals surface area contributed by atoms with Crippen LogP contribution in [-0.4, -0.2) is 34.1 Å². The van der Waals surface area contributed by atoms with E-state index in [1.54, 1.807) is 14.2 Å². The highest BCUT2D eigenvalue weighted by Gasteiger charge is 2.29. The van der Waals surface area contributed by atoms with E-state index in [0.29, 0.717) is 8.58 Å². The van der Waals surface area contributed by atoms with Crippen molar-refractivity contribution in [1.82, 2.24) is 0 Å². The number of anilines is 1. The molecule has 2 aromatic carbocycles. The molecule has 3 rings (SSSR count). The van der Waals surface area contributed by atoms with Gasteiger partial charge < -0.3 is 19.1 Å². The molecule has 2 aromatic rings. The van der Waals surface area contributed by atoms with Crippen LogP contribution in [0.1, 0.15) is 38.7 Å². The Hall–Kier alpha value is -1.77. The second-order valence-corrected chi connectivity index (χ2v) is 9.74. The second-order valence-electron chi connectivity index (χ2n) is 7.70. The zero-order valence-electron chi connectivity index (χ0n) is 17.5. The van der Waals surface area contributed by atoms with Gasteiger partial charge in [0.05, 0.1) is 7.11 Å². The third-order valence-corrected chi connectivity index (χ3v) is 6.83. The molecule has 1 atom stereocenters. The first-order valence-electron chi connectivity index (χ1n) is 9.98. The van der Waals surface area contributed by atoms with E-state index in [-0.39, 0.29) is 11.9 Å². The monoisotopic (exact) mass is 401 g/mol. The smallest absolute Gasteiger partial charge is 0.188 e. The second kappa shape index (κ2) is 9.62. The first-order chi connectivity index (χ1) is 13.6. The van der Waals surface area contributed by atoms with Crippen molar-refractivity contribution in [2.24, 2.45) is 0 Å². The lowest BCUT2D eigenvalue weighted by Gasteiger charge is -2.33. The summed E-state index contributed by atoms with van der Waals surface area (Å²) in [6.45, 7) is 7.09. The number of piperidine rings is 1. The fourth-order valence-electron chi connectivity index (χ4n) is 3.83. The highest BCUT2D eigenvalue weighted by Crippen LogP contribution is 2.48. The molecule has 152 valence electrons. The minimum Gasteiger partial charge on any atom is -0.493 e. The fraction of sp³-hybridized carbons (Fsp3) is 0.478. The minimum atomic E-state index is -0.0937. The number of benzene rings is 2. The van der Waals surface area contributed by atoms with Crippen LogP contribution in [0.15, 0.2) is 42.5 Å². The Morgan fingerprint density at radius 3 is 2.43 bits per heavy atom. The zero-order chi connectivity index (χ0) is 20.0. The molecular formula is C23H32NO3P. The maximum absolute atomic E-state index is 5.93. The van der Waals surface area contributed by atoms with Gasteiger partial charge in [-0.2, -0.15) is 0 Å². The third-order valence-electron chi connectivity index (χ3n) is 5.24. The molecule has 0 radical (unpaired) electrons. The Balaban J connectivity index is 1.92. The summed E-state index contributed by atoms with van der Waals surface area (Å²) < 4.78 is 16.6. The molecular weight excluding hydrogens is 369 g/mol. The molecule has 0 spiro atoms. The van der Waals surface area contributed by atoms with Gasteiger partial charge in [0.15, 0.2) is 18.3 Å². The topological polar surface area (TPSA) is 30.9 Å². The normalized spacial score (nSPS) is 15.2. The number of hydrogen-bond acceptors (Lipinski definition) is 4. The summed E-state index contributed by atoms with van der Waals surface area (Å²) in [4.78, 5) is 2.55. The van der Waals surface area contributed by atoms with Gasteiger partial charge in [0.2, 0.25) is 0 Å². The van der Waals surface area contributed by atoms with E-state index in [2.05, 4.69) is 49.1 Å². The average Bonchev–Trinajstić information content (AvgIpc) is 2.72. The maximum Gasteiger partial charge on any atom is 0.188 e. The minimum absolute atomic E-state index is 0.0937. The first-order valence-corrected chi connectivity index (χ1v) is 11.0. The molecule has 0 amide bonds. The van der Waals surface area contributed by atoms with E-state index >= 15 is 0 Å². The van der Waals surface area contributed by atoms with Crippen molar-refractivity contribution >= 4 is 19.6 Å². The molecule has 5 heteroatoms. The van der Waals surface area contributed by atoms with Crippen LogP contribution in [-0.2, 0) is 9.89 Å². The Labute approximate surface area is 171 Å². The van der Waals surface area contributed by atoms with E-state index in [0.717, 1.165) is 30.2 Å². The third kappa shape index (κ3) is 4.79. The molecule has 28 heavy (non-hydrogen) atoms.